The molecule has 3 nitrogen and oxygen atoms in total. The lowest BCUT2D eigenvalue weighted by Gasteiger charge is -2.34. The van der Waals surface area contributed by atoms with Crippen molar-refractivity contribution in [1.82, 2.24) is 5.32 Å². The van der Waals surface area contributed by atoms with E-state index in [0.29, 0.717) is 17.4 Å². The first-order valence-corrected chi connectivity index (χ1v) is 8.73. The van der Waals surface area contributed by atoms with Crippen LogP contribution in [-0.2, 0) is 0 Å². The van der Waals surface area contributed by atoms with Gasteiger partial charge in [-0.3, -0.25) is 4.79 Å². The standard InChI is InChI=1S/C19H27NO2/c1-14(21)17-9-5-6-10-18(17)22-19(16-11-12-20-13-16)15-7-3-2-4-8-15/h5-6,9-10,15-16,19-20H,2-4,7-8,11-13H2,1H3/t16-,19+/m0/s1. The van der Waals surface area contributed by atoms with Crippen molar-refractivity contribution in [3.8, 4) is 5.75 Å². The fourth-order valence-corrected chi connectivity index (χ4v) is 4.00. The van der Waals surface area contributed by atoms with Gasteiger partial charge in [0.05, 0.1) is 5.56 Å². The van der Waals surface area contributed by atoms with E-state index in [9.17, 15) is 4.79 Å². The van der Waals surface area contributed by atoms with Crippen molar-refractivity contribution in [3.63, 3.8) is 0 Å². The third-order valence-corrected chi connectivity index (χ3v) is 5.21. The average molecular weight is 301 g/mol. The summed E-state index contributed by atoms with van der Waals surface area (Å²) in [5.41, 5.74) is 0.717. The second kappa shape index (κ2) is 7.28. The summed E-state index contributed by atoms with van der Waals surface area (Å²) < 4.78 is 6.47. The Kier molecular flexibility index (Phi) is 5.14. The van der Waals surface area contributed by atoms with Crippen molar-refractivity contribution < 1.29 is 9.53 Å². The monoisotopic (exact) mass is 301 g/mol. The fraction of sp³-hybridized carbons (Fsp3) is 0.632. The Morgan fingerprint density at radius 2 is 1.91 bits per heavy atom. The molecule has 0 unspecified atom stereocenters. The van der Waals surface area contributed by atoms with Crippen LogP contribution in [0.3, 0.4) is 0 Å². The molecule has 2 aliphatic rings. The van der Waals surface area contributed by atoms with Crippen LogP contribution in [0.15, 0.2) is 24.3 Å². The summed E-state index contributed by atoms with van der Waals surface area (Å²) in [6.45, 7) is 3.75. The maximum Gasteiger partial charge on any atom is 0.163 e. The molecule has 1 aromatic carbocycles. The molecule has 1 heterocycles. The van der Waals surface area contributed by atoms with Crippen LogP contribution in [0.2, 0.25) is 0 Å². The molecule has 120 valence electrons. The van der Waals surface area contributed by atoms with Gasteiger partial charge in [-0.25, -0.2) is 0 Å². The van der Waals surface area contributed by atoms with Crippen LogP contribution in [0.5, 0.6) is 5.75 Å². The number of carbonyl (C=O) groups excluding carboxylic acids is 1. The third-order valence-electron chi connectivity index (χ3n) is 5.21. The van der Waals surface area contributed by atoms with Gasteiger partial charge in [-0.2, -0.15) is 0 Å². The summed E-state index contributed by atoms with van der Waals surface area (Å²) in [6.07, 6.45) is 7.96. The minimum Gasteiger partial charge on any atom is -0.489 e. The maximum atomic E-state index is 11.9. The first kappa shape index (κ1) is 15.5. The molecule has 0 spiro atoms. The van der Waals surface area contributed by atoms with Gasteiger partial charge >= 0.3 is 0 Å². The number of ketones is 1. The van der Waals surface area contributed by atoms with Crippen molar-refractivity contribution in [3.05, 3.63) is 29.8 Å². The first-order valence-electron chi connectivity index (χ1n) is 8.73. The molecule has 2 atom stereocenters. The second-order valence-electron chi connectivity index (χ2n) is 6.79. The molecule has 1 aromatic rings. The SMILES string of the molecule is CC(=O)c1ccccc1O[C@H](C1CCCCC1)[C@H]1CCNC1. The van der Waals surface area contributed by atoms with E-state index < -0.39 is 0 Å². The largest absolute Gasteiger partial charge is 0.489 e. The zero-order valence-corrected chi connectivity index (χ0v) is 13.5. The molecule has 1 N–H and O–H groups in total. The average Bonchev–Trinajstić information content (AvgIpc) is 3.08. The van der Waals surface area contributed by atoms with Crippen LogP contribution in [-0.4, -0.2) is 25.0 Å². The summed E-state index contributed by atoms with van der Waals surface area (Å²) in [6, 6.07) is 7.71. The van der Waals surface area contributed by atoms with Crippen LogP contribution in [0.4, 0.5) is 0 Å². The van der Waals surface area contributed by atoms with E-state index in [2.05, 4.69) is 5.32 Å². The zero-order valence-electron chi connectivity index (χ0n) is 13.5. The molecular formula is C19H27NO2. The van der Waals surface area contributed by atoms with E-state index >= 15 is 0 Å². The third kappa shape index (κ3) is 3.52. The molecule has 0 radical (unpaired) electrons. The van der Waals surface area contributed by atoms with Crippen LogP contribution in [0.25, 0.3) is 0 Å². The zero-order chi connectivity index (χ0) is 15.4. The van der Waals surface area contributed by atoms with E-state index in [4.69, 9.17) is 4.74 Å². The molecular weight excluding hydrogens is 274 g/mol. The van der Waals surface area contributed by atoms with E-state index in [-0.39, 0.29) is 11.9 Å². The van der Waals surface area contributed by atoms with Gasteiger partial charge in [-0.15, -0.1) is 0 Å². The highest BCUT2D eigenvalue weighted by Crippen LogP contribution is 2.35. The molecule has 1 aliphatic carbocycles. The lowest BCUT2D eigenvalue weighted by molar-refractivity contribution is 0.0609. The van der Waals surface area contributed by atoms with Crippen molar-refractivity contribution in [2.24, 2.45) is 11.8 Å². The summed E-state index contributed by atoms with van der Waals surface area (Å²) in [5.74, 6) is 2.07. The number of nitrogens with one attached hydrogen (secondary N) is 1. The van der Waals surface area contributed by atoms with Gasteiger partial charge in [0.1, 0.15) is 11.9 Å². The Balaban J connectivity index is 1.81. The predicted molar refractivity (Wildman–Crippen MR) is 88.4 cm³/mol. The van der Waals surface area contributed by atoms with E-state index in [0.717, 1.165) is 18.8 Å². The van der Waals surface area contributed by atoms with Gasteiger partial charge in [0.15, 0.2) is 5.78 Å². The smallest absolute Gasteiger partial charge is 0.163 e. The topological polar surface area (TPSA) is 38.3 Å². The maximum absolute atomic E-state index is 11.9. The van der Waals surface area contributed by atoms with Crippen LogP contribution in [0, 0.1) is 11.8 Å². The lowest BCUT2D eigenvalue weighted by atomic mass is 9.80. The number of carbonyl (C=O) groups is 1. The van der Waals surface area contributed by atoms with E-state index in [1.807, 2.05) is 24.3 Å². The van der Waals surface area contributed by atoms with Crippen LogP contribution < -0.4 is 10.1 Å². The Labute approximate surface area is 133 Å². The Hall–Kier alpha value is -1.35. The number of hydrogen-bond donors (Lipinski definition) is 1. The molecule has 1 saturated heterocycles. The molecule has 2 fully saturated rings. The summed E-state index contributed by atoms with van der Waals surface area (Å²) in [4.78, 5) is 11.9. The summed E-state index contributed by atoms with van der Waals surface area (Å²) in [5, 5.41) is 3.47. The minimum atomic E-state index is 0.0857. The lowest BCUT2D eigenvalue weighted by Crippen LogP contribution is -2.37. The quantitative estimate of drug-likeness (QED) is 0.840. The van der Waals surface area contributed by atoms with E-state index in [1.54, 1.807) is 6.92 Å². The Bertz CT molecular complexity index is 502. The van der Waals surface area contributed by atoms with E-state index in [1.165, 1.54) is 38.5 Å². The summed E-state index contributed by atoms with van der Waals surface area (Å²) in [7, 11) is 0. The Morgan fingerprint density at radius 3 is 2.59 bits per heavy atom. The van der Waals surface area contributed by atoms with Crippen LogP contribution in [0.1, 0.15) is 55.8 Å². The van der Waals surface area contributed by atoms with Gasteiger partial charge in [0.2, 0.25) is 0 Å². The van der Waals surface area contributed by atoms with Crippen LogP contribution >= 0.6 is 0 Å². The number of hydrogen-bond acceptors (Lipinski definition) is 3. The number of para-hydroxylation sites is 1. The number of benzene rings is 1. The Morgan fingerprint density at radius 1 is 1.14 bits per heavy atom. The van der Waals surface area contributed by atoms with Gasteiger partial charge in [0.25, 0.3) is 0 Å². The molecule has 0 bridgehead atoms. The van der Waals surface area contributed by atoms with Gasteiger partial charge in [-0.1, -0.05) is 31.4 Å². The summed E-state index contributed by atoms with van der Waals surface area (Å²) >= 11 is 0. The molecule has 0 amide bonds. The highest BCUT2D eigenvalue weighted by molar-refractivity contribution is 5.96. The van der Waals surface area contributed by atoms with Gasteiger partial charge in [0, 0.05) is 12.5 Å². The highest BCUT2D eigenvalue weighted by Gasteiger charge is 2.34. The van der Waals surface area contributed by atoms with Crippen molar-refractivity contribution >= 4 is 5.78 Å². The predicted octanol–water partition coefficient (Wildman–Crippen LogP) is 3.83. The van der Waals surface area contributed by atoms with Crippen molar-refractivity contribution in [2.75, 3.05) is 13.1 Å². The second-order valence-corrected chi connectivity index (χ2v) is 6.79. The van der Waals surface area contributed by atoms with Gasteiger partial charge in [-0.05, 0) is 50.8 Å². The number of rotatable bonds is 5. The van der Waals surface area contributed by atoms with Crippen molar-refractivity contribution in [2.45, 2.75) is 51.6 Å². The first-order chi connectivity index (χ1) is 10.8. The fourth-order valence-electron chi connectivity index (χ4n) is 4.00. The minimum absolute atomic E-state index is 0.0857. The molecule has 3 heteroatoms. The molecule has 22 heavy (non-hydrogen) atoms. The highest BCUT2D eigenvalue weighted by atomic mass is 16.5. The number of ether oxygens (including phenoxy) is 1. The van der Waals surface area contributed by atoms with Gasteiger partial charge < -0.3 is 10.1 Å². The molecule has 0 aromatic heterocycles. The van der Waals surface area contributed by atoms with Crippen molar-refractivity contribution in [1.29, 1.82) is 0 Å². The normalized spacial score (nSPS) is 24.1. The number of Topliss-reactive ketones (excluding diaryl/α,β-unsaturated/α-hetero) is 1. The molecule has 1 saturated carbocycles. The molecule has 1 aliphatic heterocycles. The molecule has 3 rings (SSSR count).